The van der Waals surface area contributed by atoms with Crippen molar-refractivity contribution in [2.24, 2.45) is 28.6 Å². The highest BCUT2D eigenvalue weighted by Gasteiger charge is 2.66. The van der Waals surface area contributed by atoms with Gasteiger partial charge in [0.15, 0.2) is 0 Å². The molecule has 4 aliphatic carbocycles. The van der Waals surface area contributed by atoms with Gasteiger partial charge in [-0.05, 0) is 80.2 Å². The number of ketones is 1. The van der Waals surface area contributed by atoms with E-state index in [4.69, 9.17) is 4.74 Å². The Bertz CT molecular complexity index is 850. The second kappa shape index (κ2) is 6.91. The number of ether oxygens (including phenoxy) is 1. The minimum absolute atomic E-state index is 0.0305. The van der Waals surface area contributed by atoms with Crippen molar-refractivity contribution >= 4 is 11.8 Å². The normalized spacial score (nSPS) is 45.2. The number of Topliss-reactive ketones (excluding diaryl/α,β-unsaturated/α-hetero) is 1. The fourth-order valence-corrected chi connectivity index (χ4v) is 8.00. The van der Waals surface area contributed by atoms with E-state index >= 15 is 0 Å². The van der Waals surface area contributed by atoms with Crippen molar-refractivity contribution in [3.8, 4) is 0 Å². The predicted octanol–water partition coefficient (Wildman–Crippen LogP) is 4.94. The monoisotopic (exact) mass is 410 g/mol. The van der Waals surface area contributed by atoms with Gasteiger partial charge in [-0.2, -0.15) is 0 Å². The number of benzene rings is 1. The van der Waals surface area contributed by atoms with Crippen LogP contribution in [0.25, 0.3) is 0 Å². The zero-order valence-electron chi connectivity index (χ0n) is 18.2. The van der Waals surface area contributed by atoms with Gasteiger partial charge in [-0.3, -0.25) is 4.79 Å². The van der Waals surface area contributed by atoms with Gasteiger partial charge in [0.1, 0.15) is 11.4 Å². The van der Waals surface area contributed by atoms with Crippen LogP contribution in [0.3, 0.4) is 0 Å². The second-order valence-electron chi connectivity index (χ2n) is 10.9. The first-order valence-corrected chi connectivity index (χ1v) is 11.8. The van der Waals surface area contributed by atoms with E-state index in [9.17, 15) is 14.7 Å². The quantitative estimate of drug-likeness (QED) is 0.702. The first-order chi connectivity index (χ1) is 14.3. The lowest BCUT2D eigenvalue weighted by molar-refractivity contribution is -0.206. The number of aliphatic hydroxyl groups is 1. The molecule has 4 fully saturated rings. The maximum atomic E-state index is 13.1. The highest BCUT2D eigenvalue weighted by atomic mass is 16.6. The van der Waals surface area contributed by atoms with Crippen molar-refractivity contribution in [2.75, 3.05) is 0 Å². The van der Waals surface area contributed by atoms with Crippen molar-refractivity contribution < 1.29 is 19.4 Å². The van der Waals surface area contributed by atoms with Gasteiger partial charge in [0, 0.05) is 18.3 Å². The molecular formula is C26H34O4. The van der Waals surface area contributed by atoms with Crippen LogP contribution in [-0.4, -0.2) is 28.6 Å². The average molecular weight is 411 g/mol. The van der Waals surface area contributed by atoms with Crippen LogP contribution in [0.15, 0.2) is 30.3 Å². The lowest BCUT2D eigenvalue weighted by Gasteiger charge is -2.63. The van der Waals surface area contributed by atoms with Crippen molar-refractivity contribution in [1.82, 2.24) is 0 Å². The van der Waals surface area contributed by atoms with Crippen LogP contribution in [0.5, 0.6) is 0 Å². The Balaban J connectivity index is 1.49. The molecule has 1 aromatic carbocycles. The van der Waals surface area contributed by atoms with Gasteiger partial charge in [-0.15, -0.1) is 0 Å². The lowest BCUT2D eigenvalue weighted by Crippen LogP contribution is -2.64. The highest BCUT2D eigenvalue weighted by molar-refractivity contribution is 5.90. The van der Waals surface area contributed by atoms with Crippen LogP contribution in [0.2, 0.25) is 0 Å². The van der Waals surface area contributed by atoms with E-state index in [0.717, 1.165) is 44.9 Å². The van der Waals surface area contributed by atoms with Crippen molar-refractivity contribution in [3.05, 3.63) is 35.9 Å². The van der Waals surface area contributed by atoms with Crippen molar-refractivity contribution in [3.63, 3.8) is 0 Å². The summed E-state index contributed by atoms with van der Waals surface area (Å²) >= 11 is 0. The summed E-state index contributed by atoms with van der Waals surface area (Å²) < 4.78 is 6.34. The standard InChI is InChI=1S/C26H34O4/c1-24-13-12-21-19(20(24)8-9-22(24)28)11-15-26(16-18(27)10-14-25(21,26)2)30-23(29)17-6-4-3-5-7-17/h3-7,19-22,28H,8-16H2,1-2H3/t19-,20-,21-,22-,24-,25+,26?/m0/s1. The molecule has 0 bridgehead atoms. The lowest BCUT2D eigenvalue weighted by atomic mass is 9.43. The maximum Gasteiger partial charge on any atom is 0.338 e. The van der Waals surface area contributed by atoms with Crippen LogP contribution in [0, 0.1) is 28.6 Å². The maximum absolute atomic E-state index is 13.1. The summed E-state index contributed by atoms with van der Waals surface area (Å²) in [6.45, 7) is 4.58. The van der Waals surface area contributed by atoms with E-state index in [0.29, 0.717) is 36.2 Å². The molecule has 0 spiro atoms. The summed E-state index contributed by atoms with van der Waals surface area (Å²) in [6.07, 6.45) is 7.42. The molecule has 4 heteroatoms. The summed E-state index contributed by atoms with van der Waals surface area (Å²) in [5.41, 5.74) is -0.280. The molecule has 7 atom stereocenters. The molecule has 0 aromatic heterocycles. The number of rotatable bonds is 2. The van der Waals surface area contributed by atoms with E-state index in [2.05, 4.69) is 13.8 Å². The van der Waals surface area contributed by atoms with Gasteiger partial charge < -0.3 is 9.84 Å². The number of aliphatic hydroxyl groups excluding tert-OH is 1. The number of esters is 1. The number of hydrogen-bond acceptors (Lipinski definition) is 4. The fourth-order valence-electron chi connectivity index (χ4n) is 8.00. The Morgan fingerprint density at radius 2 is 1.77 bits per heavy atom. The topological polar surface area (TPSA) is 63.6 Å². The molecule has 1 unspecified atom stereocenters. The Hall–Kier alpha value is -1.68. The molecule has 5 rings (SSSR count). The molecule has 0 amide bonds. The summed E-state index contributed by atoms with van der Waals surface area (Å²) in [6, 6.07) is 9.17. The molecule has 1 N–H and O–H groups in total. The number of fused-ring (bicyclic) bond motifs is 5. The molecule has 4 saturated carbocycles. The van der Waals surface area contributed by atoms with Gasteiger partial charge in [-0.1, -0.05) is 32.0 Å². The third kappa shape index (κ3) is 2.75. The summed E-state index contributed by atoms with van der Waals surface area (Å²) in [7, 11) is 0. The Morgan fingerprint density at radius 3 is 2.53 bits per heavy atom. The minimum atomic E-state index is -0.693. The molecule has 30 heavy (non-hydrogen) atoms. The molecule has 0 aliphatic heterocycles. The third-order valence-corrected chi connectivity index (χ3v) is 9.83. The molecule has 0 radical (unpaired) electrons. The van der Waals surface area contributed by atoms with Crippen LogP contribution in [0.4, 0.5) is 0 Å². The first kappa shape index (κ1) is 20.2. The van der Waals surface area contributed by atoms with E-state index in [1.54, 1.807) is 12.1 Å². The number of hydrogen-bond donors (Lipinski definition) is 1. The van der Waals surface area contributed by atoms with Crippen LogP contribution in [0.1, 0.15) is 82.0 Å². The third-order valence-electron chi connectivity index (χ3n) is 9.83. The predicted molar refractivity (Wildman–Crippen MR) is 114 cm³/mol. The Morgan fingerprint density at radius 1 is 1.00 bits per heavy atom. The van der Waals surface area contributed by atoms with Crippen LogP contribution in [-0.2, 0) is 9.53 Å². The van der Waals surface area contributed by atoms with Crippen molar-refractivity contribution in [2.45, 2.75) is 83.3 Å². The van der Waals surface area contributed by atoms with Gasteiger partial charge >= 0.3 is 5.97 Å². The van der Waals surface area contributed by atoms with Gasteiger partial charge in [0.05, 0.1) is 11.7 Å². The van der Waals surface area contributed by atoms with Gasteiger partial charge in [0.25, 0.3) is 0 Å². The van der Waals surface area contributed by atoms with Gasteiger partial charge in [-0.25, -0.2) is 4.79 Å². The summed E-state index contributed by atoms with van der Waals surface area (Å²) in [5.74, 6) is 1.48. The Kier molecular flexibility index (Phi) is 4.66. The fraction of sp³-hybridized carbons (Fsp3) is 0.692. The molecular weight excluding hydrogens is 376 g/mol. The van der Waals surface area contributed by atoms with E-state index in [-0.39, 0.29) is 28.7 Å². The molecule has 4 aliphatic rings. The zero-order chi connectivity index (χ0) is 21.1. The minimum Gasteiger partial charge on any atom is -0.454 e. The second-order valence-corrected chi connectivity index (χ2v) is 10.9. The van der Waals surface area contributed by atoms with Gasteiger partial charge in [0.2, 0.25) is 0 Å². The SMILES string of the molecule is C[C@]12CC[C@H]3[C@@H](CCC4(OC(=O)c5ccccc5)CC(=O)CC[C@]34C)[C@@H]1CC[C@@H]2O. The van der Waals surface area contributed by atoms with E-state index in [1.165, 1.54) is 0 Å². The highest BCUT2D eigenvalue weighted by Crippen LogP contribution is 2.67. The van der Waals surface area contributed by atoms with Crippen molar-refractivity contribution in [1.29, 1.82) is 0 Å². The van der Waals surface area contributed by atoms with Crippen LogP contribution < -0.4 is 0 Å². The first-order valence-electron chi connectivity index (χ1n) is 11.8. The molecule has 162 valence electrons. The molecule has 4 nitrogen and oxygen atoms in total. The van der Waals surface area contributed by atoms with E-state index < -0.39 is 5.60 Å². The Labute approximate surface area is 179 Å². The number of carbonyl (C=O) groups excluding carboxylic acids is 2. The zero-order valence-corrected chi connectivity index (χ0v) is 18.2. The smallest absolute Gasteiger partial charge is 0.338 e. The largest absolute Gasteiger partial charge is 0.454 e. The molecule has 0 heterocycles. The molecule has 0 saturated heterocycles. The summed E-state index contributed by atoms with van der Waals surface area (Å²) in [4.78, 5) is 25.7. The number of carbonyl (C=O) groups is 2. The summed E-state index contributed by atoms with van der Waals surface area (Å²) in [5, 5.41) is 10.7. The molecule has 1 aromatic rings. The van der Waals surface area contributed by atoms with Crippen LogP contribution >= 0.6 is 0 Å². The van der Waals surface area contributed by atoms with E-state index in [1.807, 2.05) is 18.2 Å². The average Bonchev–Trinajstić information content (AvgIpc) is 3.04.